The van der Waals surface area contributed by atoms with Gasteiger partial charge in [0.2, 0.25) is 17.7 Å². The standard InChI is InChI=1S/C26H24N4O5/c31-23(15-16-25-29-30-26(35-25)20-9-5-2-6-10-20)27-28-24(32)18-34-22-13-11-21(12-14-22)33-17-19-7-3-1-4-8-19/h1-14H,15-18H2,(H,27,31)(H,28,32). The van der Waals surface area contributed by atoms with Gasteiger partial charge in [0.1, 0.15) is 18.1 Å². The van der Waals surface area contributed by atoms with Crippen LogP contribution in [0.25, 0.3) is 11.5 Å². The number of rotatable bonds is 10. The summed E-state index contributed by atoms with van der Waals surface area (Å²) >= 11 is 0. The van der Waals surface area contributed by atoms with Gasteiger partial charge in [-0.25, -0.2) is 0 Å². The summed E-state index contributed by atoms with van der Waals surface area (Å²) < 4.78 is 16.7. The number of nitrogens with one attached hydrogen (secondary N) is 2. The minimum absolute atomic E-state index is 0.0714. The number of hydrogen-bond donors (Lipinski definition) is 2. The lowest BCUT2D eigenvalue weighted by Crippen LogP contribution is -2.43. The SMILES string of the molecule is O=C(CCc1nnc(-c2ccccc2)o1)NNC(=O)COc1ccc(OCc2ccccc2)cc1. The molecule has 9 heteroatoms. The van der Waals surface area contributed by atoms with Crippen LogP contribution in [0.3, 0.4) is 0 Å². The van der Waals surface area contributed by atoms with Crippen LogP contribution in [0.4, 0.5) is 0 Å². The van der Waals surface area contributed by atoms with E-state index in [-0.39, 0.29) is 19.4 Å². The van der Waals surface area contributed by atoms with Crippen LogP contribution in [-0.4, -0.2) is 28.6 Å². The minimum atomic E-state index is -0.494. The molecular weight excluding hydrogens is 448 g/mol. The molecule has 3 aromatic carbocycles. The van der Waals surface area contributed by atoms with Gasteiger partial charge in [-0.05, 0) is 42.0 Å². The summed E-state index contributed by atoms with van der Waals surface area (Å²) in [6.45, 7) is 0.207. The van der Waals surface area contributed by atoms with Gasteiger partial charge in [0.15, 0.2) is 6.61 Å². The van der Waals surface area contributed by atoms with Crippen LogP contribution in [0, 0.1) is 0 Å². The maximum absolute atomic E-state index is 12.0. The van der Waals surface area contributed by atoms with Gasteiger partial charge in [0, 0.05) is 18.4 Å². The molecule has 9 nitrogen and oxygen atoms in total. The highest BCUT2D eigenvalue weighted by Crippen LogP contribution is 2.19. The Hall–Kier alpha value is -4.66. The van der Waals surface area contributed by atoms with E-state index in [1.165, 1.54) is 0 Å². The van der Waals surface area contributed by atoms with E-state index >= 15 is 0 Å². The second-order valence-electron chi connectivity index (χ2n) is 7.50. The molecule has 2 N–H and O–H groups in total. The number of carbonyl (C=O) groups is 2. The molecule has 0 radical (unpaired) electrons. The first-order chi connectivity index (χ1) is 17.2. The van der Waals surface area contributed by atoms with Crippen LogP contribution in [0.1, 0.15) is 17.9 Å². The number of ether oxygens (including phenoxy) is 2. The van der Waals surface area contributed by atoms with Crippen molar-refractivity contribution in [3.8, 4) is 23.0 Å². The molecule has 0 aliphatic rings. The smallest absolute Gasteiger partial charge is 0.276 e. The fourth-order valence-electron chi connectivity index (χ4n) is 3.03. The Balaban J connectivity index is 1.12. The molecule has 0 spiro atoms. The largest absolute Gasteiger partial charge is 0.489 e. The third-order valence-corrected chi connectivity index (χ3v) is 4.84. The third kappa shape index (κ3) is 7.43. The Morgan fingerprint density at radius 3 is 2.09 bits per heavy atom. The third-order valence-electron chi connectivity index (χ3n) is 4.84. The van der Waals surface area contributed by atoms with Crippen LogP contribution in [0.15, 0.2) is 89.3 Å². The van der Waals surface area contributed by atoms with Gasteiger partial charge in [-0.2, -0.15) is 0 Å². The van der Waals surface area contributed by atoms with E-state index in [2.05, 4.69) is 21.0 Å². The van der Waals surface area contributed by atoms with Crippen LogP contribution in [0.5, 0.6) is 11.5 Å². The van der Waals surface area contributed by atoms with Crippen molar-refractivity contribution in [2.24, 2.45) is 0 Å². The van der Waals surface area contributed by atoms with Gasteiger partial charge in [0.25, 0.3) is 5.91 Å². The molecule has 2 amide bonds. The van der Waals surface area contributed by atoms with Gasteiger partial charge >= 0.3 is 0 Å². The Labute approximate surface area is 202 Å². The average Bonchev–Trinajstić information content (AvgIpc) is 3.39. The number of hydrazine groups is 1. The molecule has 0 unspecified atom stereocenters. The molecule has 4 rings (SSSR count). The van der Waals surface area contributed by atoms with Gasteiger partial charge in [0.05, 0.1) is 0 Å². The number of nitrogens with zero attached hydrogens (tertiary/aromatic N) is 2. The van der Waals surface area contributed by atoms with E-state index in [0.717, 1.165) is 11.1 Å². The zero-order valence-corrected chi connectivity index (χ0v) is 18.8. The Morgan fingerprint density at radius 2 is 1.37 bits per heavy atom. The molecule has 0 aliphatic heterocycles. The number of hydrogen-bond acceptors (Lipinski definition) is 7. The van der Waals surface area contributed by atoms with E-state index in [4.69, 9.17) is 13.9 Å². The van der Waals surface area contributed by atoms with Crippen molar-refractivity contribution in [2.75, 3.05) is 6.61 Å². The van der Waals surface area contributed by atoms with Crippen molar-refractivity contribution in [1.29, 1.82) is 0 Å². The van der Waals surface area contributed by atoms with E-state index in [1.54, 1.807) is 24.3 Å². The average molecular weight is 473 g/mol. The summed E-state index contributed by atoms with van der Waals surface area (Å²) in [6.07, 6.45) is 0.318. The summed E-state index contributed by atoms with van der Waals surface area (Å²) in [6, 6.07) is 26.1. The molecular formula is C26H24N4O5. The molecule has 0 saturated carbocycles. The lowest BCUT2D eigenvalue weighted by molar-refractivity contribution is -0.130. The molecule has 0 bridgehead atoms. The van der Waals surface area contributed by atoms with Crippen molar-refractivity contribution in [3.05, 3.63) is 96.4 Å². The van der Waals surface area contributed by atoms with Crippen LogP contribution in [-0.2, 0) is 22.6 Å². The second-order valence-corrected chi connectivity index (χ2v) is 7.50. The zero-order chi connectivity index (χ0) is 24.3. The van der Waals surface area contributed by atoms with Crippen molar-refractivity contribution in [3.63, 3.8) is 0 Å². The number of aromatic nitrogens is 2. The first-order valence-corrected chi connectivity index (χ1v) is 11.0. The minimum Gasteiger partial charge on any atom is -0.489 e. The summed E-state index contributed by atoms with van der Waals surface area (Å²) in [4.78, 5) is 24.0. The van der Waals surface area contributed by atoms with Gasteiger partial charge < -0.3 is 13.9 Å². The lowest BCUT2D eigenvalue weighted by Gasteiger charge is -2.10. The molecule has 1 heterocycles. The van der Waals surface area contributed by atoms with E-state index in [1.807, 2.05) is 60.7 Å². The van der Waals surface area contributed by atoms with Crippen molar-refractivity contribution in [2.45, 2.75) is 19.4 Å². The second kappa shape index (κ2) is 12.0. The van der Waals surface area contributed by atoms with Gasteiger partial charge in [-0.3, -0.25) is 20.4 Å². The maximum Gasteiger partial charge on any atom is 0.276 e. The zero-order valence-electron chi connectivity index (χ0n) is 18.8. The van der Waals surface area contributed by atoms with Crippen LogP contribution >= 0.6 is 0 Å². The maximum atomic E-state index is 12.0. The quantitative estimate of drug-likeness (QED) is 0.340. The monoisotopic (exact) mass is 472 g/mol. The first kappa shape index (κ1) is 23.5. The molecule has 0 atom stereocenters. The Morgan fingerprint density at radius 1 is 0.743 bits per heavy atom. The first-order valence-electron chi connectivity index (χ1n) is 11.0. The lowest BCUT2D eigenvalue weighted by atomic mass is 10.2. The molecule has 35 heavy (non-hydrogen) atoms. The van der Waals surface area contributed by atoms with Crippen LogP contribution in [0.2, 0.25) is 0 Å². The summed E-state index contributed by atoms with van der Waals surface area (Å²) in [5.41, 5.74) is 6.53. The fourth-order valence-corrected chi connectivity index (χ4v) is 3.03. The molecule has 178 valence electrons. The molecule has 0 aliphatic carbocycles. The predicted octanol–water partition coefficient (Wildman–Crippen LogP) is 3.47. The summed E-state index contributed by atoms with van der Waals surface area (Å²) in [5.74, 6) is 1.04. The summed E-state index contributed by atoms with van der Waals surface area (Å²) in [7, 11) is 0. The highest BCUT2D eigenvalue weighted by atomic mass is 16.5. The van der Waals surface area contributed by atoms with E-state index in [0.29, 0.717) is 29.9 Å². The number of carbonyl (C=O) groups excluding carboxylic acids is 2. The van der Waals surface area contributed by atoms with Gasteiger partial charge in [-0.1, -0.05) is 48.5 Å². The molecule has 1 aromatic heterocycles. The van der Waals surface area contributed by atoms with Crippen molar-refractivity contribution < 1.29 is 23.5 Å². The highest BCUT2D eigenvalue weighted by molar-refractivity contribution is 5.82. The Bertz CT molecular complexity index is 1230. The molecule has 0 fully saturated rings. The van der Waals surface area contributed by atoms with Crippen molar-refractivity contribution >= 4 is 11.8 Å². The van der Waals surface area contributed by atoms with E-state index < -0.39 is 11.8 Å². The number of amides is 2. The molecule has 4 aromatic rings. The topological polar surface area (TPSA) is 116 Å². The normalized spacial score (nSPS) is 10.4. The highest BCUT2D eigenvalue weighted by Gasteiger charge is 2.11. The fraction of sp³-hybridized carbons (Fsp3) is 0.154. The number of aryl methyl sites for hydroxylation is 1. The van der Waals surface area contributed by atoms with E-state index in [9.17, 15) is 9.59 Å². The van der Waals surface area contributed by atoms with Gasteiger partial charge in [-0.15, -0.1) is 10.2 Å². The number of benzene rings is 3. The van der Waals surface area contributed by atoms with Crippen molar-refractivity contribution in [1.82, 2.24) is 21.0 Å². The van der Waals surface area contributed by atoms with Crippen LogP contribution < -0.4 is 20.3 Å². The predicted molar refractivity (Wildman–Crippen MR) is 127 cm³/mol. The molecule has 0 saturated heterocycles. The Kier molecular flexibility index (Phi) is 8.05. The summed E-state index contributed by atoms with van der Waals surface area (Å²) in [5, 5.41) is 7.92.